The van der Waals surface area contributed by atoms with Crippen molar-refractivity contribution in [2.24, 2.45) is 7.05 Å². The summed E-state index contributed by atoms with van der Waals surface area (Å²) in [5.41, 5.74) is 4.77. The standard InChI is InChI=1S/C18H19N5O/c1-12-14(5-9-22(12)2)18(24)23-10-6-15-16(21-11-20-15)17(23)13-3-7-19-8-4-13/h3-5,7-9,11,17H,6,10H2,1-2H3,(H,20,21). The monoisotopic (exact) mass is 321 g/mol. The van der Waals surface area contributed by atoms with Gasteiger partial charge in [0.1, 0.15) is 6.04 Å². The van der Waals surface area contributed by atoms with E-state index in [0.29, 0.717) is 6.54 Å². The number of hydrogen-bond acceptors (Lipinski definition) is 3. The second kappa shape index (κ2) is 5.63. The van der Waals surface area contributed by atoms with Crippen molar-refractivity contribution in [3.8, 4) is 0 Å². The van der Waals surface area contributed by atoms with Gasteiger partial charge in [0.15, 0.2) is 0 Å². The number of aromatic amines is 1. The number of pyridine rings is 1. The van der Waals surface area contributed by atoms with Crippen LogP contribution in [0.15, 0.2) is 43.1 Å². The van der Waals surface area contributed by atoms with Gasteiger partial charge in [0.25, 0.3) is 5.91 Å². The highest BCUT2D eigenvalue weighted by Gasteiger charge is 2.35. The normalized spacial score (nSPS) is 16.9. The Morgan fingerprint density at radius 3 is 2.79 bits per heavy atom. The van der Waals surface area contributed by atoms with E-state index in [0.717, 1.165) is 34.6 Å². The quantitative estimate of drug-likeness (QED) is 0.787. The SMILES string of the molecule is Cc1c(C(=O)N2CCc3[nH]cnc3C2c2ccncc2)ccn1C. The molecule has 0 radical (unpaired) electrons. The molecule has 24 heavy (non-hydrogen) atoms. The highest BCUT2D eigenvalue weighted by molar-refractivity contribution is 5.96. The molecule has 1 atom stereocenters. The topological polar surface area (TPSA) is 66.8 Å². The Bertz CT molecular complexity index is 880. The summed E-state index contributed by atoms with van der Waals surface area (Å²) in [5.74, 6) is 0.0450. The van der Waals surface area contributed by atoms with Crippen LogP contribution in [-0.4, -0.2) is 36.9 Å². The molecule has 0 aromatic carbocycles. The minimum absolute atomic E-state index is 0.0450. The first-order valence-corrected chi connectivity index (χ1v) is 8.01. The van der Waals surface area contributed by atoms with Crippen LogP contribution in [0.1, 0.15) is 39.0 Å². The summed E-state index contributed by atoms with van der Waals surface area (Å²) in [4.78, 5) is 26.9. The van der Waals surface area contributed by atoms with Gasteiger partial charge in [-0.3, -0.25) is 9.78 Å². The minimum atomic E-state index is -0.185. The summed E-state index contributed by atoms with van der Waals surface area (Å²) >= 11 is 0. The van der Waals surface area contributed by atoms with E-state index in [9.17, 15) is 4.79 Å². The summed E-state index contributed by atoms with van der Waals surface area (Å²) in [6.07, 6.45) is 7.93. The van der Waals surface area contributed by atoms with E-state index in [2.05, 4.69) is 15.0 Å². The lowest BCUT2D eigenvalue weighted by atomic mass is 9.95. The van der Waals surface area contributed by atoms with Crippen LogP contribution < -0.4 is 0 Å². The molecule has 0 fully saturated rings. The number of H-pyrrole nitrogens is 1. The lowest BCUT2D eigenvalue weighted by Crippen LogP contribution is -2.41. The van der Waals surface area contributed by atoms with E-state index >= 15 is 0 Å². The first kappa shape index (κ1) is 14.7. The summed E-state index contributed by atoms with van der Waals surface area (Å²) in [6, 6.07) is 5.61. The minimum Gasteiger partial charge on any atom is -0.354 e. The molecule has 4 rings (SSSR count). The fraction of sp³-hybridized carbons (Fsp3) is 0.278. The average Bonchev–Trinajstić information content (AvgIpc) is 3.21. The predicted molar refractivity (Wildman–Crippen MR) is 89.6 cm³/mol. The number of carbonyl (C=O) groups excluding carboxylic acids is 1. The second-order valence-electron chi connectivity index (χ2n) is 6.12. The van der Waals surface area contributed by atoms with Gasteiger partial charge in [-0.15, -0.1) is 0 Å². The van der Waals surface area contributed by atoms with Gasteiger partial charge in [-0.1, -0.05) is 0 Å². The van der Waals surface area contributed by atoms with Gasteiger partial charge < -0.3 is 14.5 Å². The third-order valence-electron chi connectivity index (χ3n) is 4.82. The van der Waals surface area contributed by atoms with Crippen LogP contribution in [0.4, 0.5) is 0 Å². The van der Waals surface area contributed by atoms with E-state index in [4.69, 9.17) is 0 Å². The predicted octanol–water partition coefficient (Wildman–Crippen LogP) is 2.24. The van der Waals surface area contributed by atoms with Crippen molar-refractivity contribution in [3.05, 3.63) is 71.3 Å². The van der Waals surface area contributed by atoms with Crippen LogP contribution in [0.25, 0.3) is 0 Å². The van der Waals surface area contributed by atoms with Crippen molar-refractivity contribution < 1.29 is 4.79 Å². The first-order valence-electron chi connectivity index (χ1n) is 8.01. The molecular weight excluding hydrogens is 302 g/mol. The van der Waals surface area contributed by atoms with Crippen LogP contribution in [0.5, 0.6) is 0 Å². The average molecular weight is 321 g/mol. The van der Waals surface area contributed by atoms with Crippen LogP contribution in [0, 0.1) is 6.92 Å². The number of nitrogens with one attached hydrogen (secondary N) is 1. The van der Waals surface area contributed by atoms with Crippen molar-refractivity contribution in [2.45, 2.75) is 19.4 Å². The molecule has 6 heteroatoms. The number of rotatable bonds is 2. The van der Waals surface area contributed by atoms with Crippen molar-refractivity contribution in [3.63, 3.8) is 0 Å². The molecule has 0 saturated carbocycles. The summed E-state index contributed by atoms with van der Waals surface area (Å²) < 4.78 is 1.97. The fourth-order valence-electron chi connectivity index (χ4n) is 3.37. The maximum atomic E-state index is 13.2. The van der Waals surface area contributed by atoms with Crippen LogP contribution >= 0.6 is 0 Å². The number of nitrogens with zero attached hydrogens (tertiary/aromatic N) is 4. The van der Waals surface area contributed by atoms with Gasteiger partial charge in [0.05, 0.1) is 17.6 Å². The van der Waals surface area contributed by atoms with Gasteiger partial charge in [-0.2, -0.15) is 0 Å². The van der Waals surface area contributed by atoms with E-state index in [1.807, 2.05) is 47.8 Å². The van der Waals surface area contributed by atoms with Gasteiger partial charge in [-0.25, -0.2) is 4.98 Å². The molecule has 1 aliphatic rings. The molecule has 1 N–H and O–H groups in total. The Labute approximate surface area is 140 Å². The molecule has 6 nitrogen and oxygen atoms in total. The Morgan fingerprint density at radius 1 is 1.29 bits per heavy atom. The Morgan fingerprint density at radius 2 is 2.08 bits per heavy atom. The van der Waals surface area contributed by atoms with Crippen molar-refractivity contribution in [2.75, 3.05) is 6.54 Å². The maximum Gasteiger partial charge on any atom is 0.256 e. The summed E-state index contributed by atoms with van der Waals surface area (Å²) in [7, 11) is 1.95. The van der Waals surface area contributed by atoms with E-state index in [1.54, 1.807) is 18.7 Å². The highest BCUT2D eigenvalue weighted by Crippen LogP contribution is 2.34. The van der Waals surface area contributed by atoms with Gasteiger partial charge in [0.2, 0.25) is 0 Å². The Hall–Kier alpha value is -2.89. The largest absolute Gasteiger partial charge is 0.354 e. The molecule has 0 aliphatic carbocycles. The molecule has 1 amide bonds. The highest BCUT2D eigenvalue weighted by atomic mass is 16.2. The lowest BCUT2D eigenvalue weighted by Gasteiger charge is -2.35. The Balaban J connectivity index is 1.79. The first-order chi connectivity index (χ1) is 11.7. The molecule has 122 valence electrons. The number of aryl methyl sites for hydroxylation is 1. The maximum absolute atomic E-state index is 13.2. The number of fused-ring (bicyclic) bond motifs is 1. The molecule has 4 heterocycles. The van der Waals surface area contributed by atoms with Gasteiger partial charge >= 0.3 is 0 Å². The van der Waals surface area contributed by atoms with Crippen LogP contribution in [0.2, 0.25) is 0 Å². The van der Waals surface area contributed by atoms with Crippen molar-refractivity contribution in [1.29, 1.82) is 0 Å². The summed E-state index contributed by atoms with van der Waals surface area (Å²) in [6.45, 7) is 2.63. The molecule has 0 spiro atoms. The molecule has 0 saturated heterocycles. The third kappa shape index (κ3) is 2.22. The molecule has 1 aliphatic heterocycles. The number of aromatic nitrogens is 4. The molecule has 3 aromatic heterocycles. The van der Waals surface area contributed by atoms with Gasteiger partial charge in [-0.05, 0) is 30.7 Å². The second-order valence-corrected chi connectivity index (χ2v) is 6.12. The third-order valence-corrected chi connectivity index (χ3v) is 4.82. The summed E-state index contributed by atoms with van der Waals surface area (Å²) in [5, 5.41) is 0. The number of hydrogen-bond donors (Lipinski definition) is 1. The van der Waals surface area contributed by atoms with Crippen molar-refractivity contribution in [1.82, 2.24) is 24.4 Å². The zero-order valence-corrected chi connectivity index (χ0v) is 13.7. The molecule has 0 bridgehead atoms. The van der Waals surface area contributed by atoms with E-state index < -0.39 is 0 Å². The number of imidazole rings is 1. The smallest absolute Gasteiger partial charge is 0.256 e. The molecule has 1 unspecified atom stereocenters. The van der Waals surface area contributed by atoms with Crippen LogP contribution in [0.3, 0.4) is 0 Å². The zero-order chi connectivity index (χ0) is 16.7. The van der Waals surface area contributed by atoms with E-state index in [1.165, 1.54) is 0 Å². The molecular formula is C18H19N5O. The fourth-order valence-corrected chi connectivity index (χ4v) is 3.37. The number of carbonyl (C=O) groups is 1. The van der Waals surface area contributed by atoms with E-state index in [-0.39, 0.29) is 11.9 Å². The lowest BCUT2D eigenvalue weighted by molar-refractivity contribution is 0.0689. The zero-order valence-electron chi connectivity index (χ0n) is 13.7. The Kier molecular flexibility index (Phi) is 3.45. The van der Waals surface area contributed by atoms with Crippen molar-refractivity contribution >= 4 is 5.91 Å². The van der Waals surface area contributed by atoms with Gasteiger partial charge in [0, 0.05) is 50.0 Å². The number of amides is 1. The molecule has 3 aromatic rings. The van der Waals surface area contributed by atoms with Crippen LogP contribution in [-0.2, 0) is 13.5 Å².